The van der Waals surface area contributed by atoms with Gasteiger partial charge in [-0.15, -0.1) is 0 Å². The van der Waals surface area contributed by atoms with Crippen LogP contribution >= 0.6 is 15.9 Å². The maximum absolute atomic E-state index is 4.97. The zero-order valence-corrected chi connectivity index (χ0v) is 23.4. The van der Waals surface area contributed by atoms with Gasteiger partial charge in [-0.25, -0.2) is 15.0 Å². The predicted octanol–water partition coefficient (Wildman–Crippen LogP) is 8.91. The van der Waals surface area contributed by atoms with Gasteiger partial charge in [0.1, 0.15) is 0 Å². The van der Waals surface area contributed by atoms with E-state index in [0.717, 1.165) is 54.3 Å². The molecule has 0 saturated heterocycles. The minimum atomic E-state index is 0.592. The molecule has 3 heterocycles. The second-order valence-electron chi connectivity index (χ2n) is 9.59. The van der Waals surface area contributed by atoms with Crippen LogP contribution in [0.15, 0.2) is 138 Å². The molecule has 5 nitrogen and oxygen atoms in total. The minimum absolute atomic E-state index is 0.592. The predicted molar refractivity (Wildman–Crippen MR) is 168 cm³/mol. The second kappa shape index (κ2) is 10.8. The molecule has 0 spiro atoms. The van der Waals surface area contributed by atoms with Gasteiger partial charge in [-0.3, -0.25) is 9.97 Å². The van der Waals surface area contributed by atoms with Crippen LogP contribution in [0.5, 0.6) is 0 Å². The molecule has 0 amide bonds. The Morgan fingerprint density at radius 3 is 1.83 bits per heavy atom. The van der Waals surface area contributed by atoms with E-state index in [1.165, 1.54) is 0 Å². The van der Waals surface area contributed by atoms with Crippen LogP contribution in [0.25, 0.3) is 67.3 Å². The van der Waals surface area contributed by atoms with E-state index in [9.17, 15) is 0 Å². The summed E-state index contributed by atoms with van der Waals surface area (Å²) in [5.41, 5.74) is 8.08. The van der Waals surface area contributed by atoms with Crippen molar-refractivity contribution in [1.29, 1.82) is 0 Å². The van der Waals surface area contributed by atoms with E-state index in [1.807, 2.05) is 60.8 Å². The number of aromatic nitrogens is 5. The smallest absolute Gasteiger partial charge is 0.164 e. The number of rotatable bonds is 5. The molecule has 0 saturated carbocycles. The van der Waals surface area contributed by atoms with E-state index in [0.29, 0.717) is 17.5 Å². The quantitative estimate of drug-likeness (QED) is 0.200. The number of nitrogens with zero attached hydrogens (tertiary/aromatic N) is 5. The molecule has 0 N–H and O–H groups in total. The lowest BCUT2D eigenvalue weighted by Crippen LogP contribution is -2.00. The van der Waals surface area contributed by atoms with Gasteiger partial charge in [0.25, 0.3) is 0 Å². The van der Waals surface area contributed by atoms with E-state index in [1.54, 1.807) is 12.4 Å². The van der Waals surface area contributed by atoms with E-state index in [2.05, 4.69) is 86.6 Å². The summed E-state index contributed by atoms with van der Waals surface area (Å²) in [6.45, 7) is 0. The molecule has 7 aromatic rings. The first-order valence-electron chi connectivity index (χ1n) is 13.2. The molecule has 0 aliphatic heterocycles. The topological polar surface area (TPSA) is 64.5 Å². The molecular weight excluding hydrogens is 570 g/mol. The summed E-state index contributed by atoms with van der Waals surface area (Å²) >= 11 is 3.73. The monoisotopic (exact) mass is 591 g/mol. The van der Waals surface area contributed by atoms with Crippen molar-refractivity contribution in [3.05, 3.63) is 138 Å². The van der Waals surface area contributed by atoms with Crippen molar-refractivity contribution in [2.24, 2.45) is 0 Å². The summed E-state index contributed by atoms with van der Waals surface area (Å²) in [5, 5.41) is 1.09. The molecule has 7 rings (SSSR count). The van der Waals surface area contributed by atoms with Crippen molar-refractivity contribution in [3.63, 3.8) is 0 Å². The molecule has 3 aromatic heterocycles. The van der Waals surface area contributed by atoms with Crippen molar-refractivity contribution in [3.8, 4) is 56.4 Å². The van der Waals surface area contributed by atoms with E-state index < -0.39 is 0 Å². The molecular formula is C35H22BrN5. The van der Waals surface area contributed by atoms with Gasteiger partial charge in [0.2, 0.25) is 0 Å². The zero-order valence-electron chi connectivity index (χ0n) is 21.8. The van der Waals surface area contributed by atoms with Crippen LogP contribution in [0.4, 0.5) is 0 Å². The molecule has 6 heteroatoms. The van der Waals surface area contributed by atoms with Gasteiger partial charge in [0, 0.05) is 45.1 Å². The largest absolute Gasteiger partial charge is 0.265 e. The summed E-state index contributed by atoms with van der Waals surface area (Å²) < 4.78 is 0.936. The highest BCUT2D eigenvalue weighted by molar-refractivity contribution is 9.10. The van der Waals surface area contributed by atoms with Gasteiger partial charge in [0.05, 0.1) is 5.52 Å². The van der Waals surface area contributed by atoms with Crippen molar-refractivity contribution in [1.82, 2.24) is 24.9 Å². The number of fused-ring (bicyclic) bond motifs is 1. The average molecular weight is 593 g/mol. The minimum Gasteiger partial charge on any atom is -0.265 e. The van der Waals surface area contributed by atoms with E-state index >= 15 is 0 Å². The number of pyridine rings is 2. The van der Waals surface area contributed by atoms with Crippen molar-refractivity contribution < 1.29 is 0 Å². The third-order valence-electron chi connectivity index (χ3n) is 6.94. The molecule has 0 atom stereocenters. The van der Waals surface area contributed by atoms with Gasteiger partial charge in [0.15, 0.2) is 17.5 Å². The van der Waals surface area contributed by atoms with Crippen molar-refractivity contribution in [2.45, 2.75) is 0 Å². The molecule has 4 aromatic carbocycles. The Bertz CT molecular complexity index is 1990. The van der Waals surface area contributed by atoms with E-state index in [4.69, 9.17) is 15.0 Å². The third kappa shape index (κ3) is 5.13. The Labute approximate surface area is 245 Å². The maximum atomic E-state index is 4.97. The fourth-order valence-electron chi connectivity index (χ4n) is 4.94. The Hall–Kier alpha value is -5.07. The summed E-state index contributed by atoms with van der Waals surface area (Å²) in [4.78, 5) is 23.5. The number of halogens is 1. The molecule has 194 valence electrons. The van der Waals surface area contributed by atoms with Gasteiger partial charge in [-0.2, -0.15) is 0 Å². The first kappa shape index (κ1) is 24.9. The molecule has 41 heavy (non-hydrogen) atoms. The highest BCUT2D eigenvalue weighted by Gasteiger charge is 2.15. The first-order valence-corrected chi connectivity index (χ1v) is 14.0. The summed E-state index contributed by atoms with van der Waals surface area (Å²) in [6, 6.07) is 39.0. The van der Waals surface area contributed by atoms with Crippen LogP contribution in [0.3, 0.4) is 0 Å². The summed E-state index contributed by atoms with van der Waals surface area (Å²) in [6.07, 6.45) is 5.32. The SMILES string of the molecule is Brc1cc(-c2nc(-c3ccncc3)nc(-c3ccc(-c4ccccc4)cc3)n2)cc(-c2cccc3ncccc23)c1. The summed E-state index contributed by atoms with van der Waals surface area (Å²) in [7, 11) is 0. The van der Waals surface area contributed by atoms with Crippen LogP contribution in [-0.4, -0.2) is 24.9 Å². The molecule has 0 bridgehead atoms. The van der Waals surface area contributed by atoms with Gasteiger partial charge in [-0.1, -0.05) is 88.7 Å². The Balaban J connectivity index is 1.37. The standard InChI is InChI=1S/C35H22BrN5/c36-29-21-27(30-8-4-10-32-31(30)9-5-17-38-32)20-28(22-29)35-40-33(39-34(41-35)26-15-18-37-19-16-26)25-13-11-24(12-14-25)23-6-2-1-3-7-23/h1-22H. The molecule has 0 aliphatic carbocycles. The third-order valence-corrected chi connectivity index (χ3v) is 7.39. The fourth-order valence-corrected chi connectivity index (χ4v) is 5.43. The highest BCUT2D eigenvalue weighted by atomic mass is 79.9. The highest BCUT2D eigenvalue weighted by Crippen LogP contribution is 2.34. The van der Waals surface area contributed by atoms with Crippen molar-refractivity contribution in [2.75, 3.05) is 0 Å². The van der Waals surface area contributed by atoms with Crippen LogP contribution < -0.4 is 0 Å². The zero-order chi connectivity index (χ0) is 27.6. The van der Waals surface area contributed by atoms with Crippen LogP contribution in [0, 0.1) is 0 Å². The number of benzene rings is 4. The molecule has 0 unspecified atom stereocenters. The Morgan fingerprint density at radius 1 is 0.439 bits per heavy atom. The lowest BCUT2D eigenvalue weighted by Gasteiger charge is -2.12. The lowest BCUT2D eigenvalue weighted by atomic mass is 9.98. The first-order chi connectivity index (χ1) is 20.2. The number of hydrogen-bond donors (Lipinski definition) is 0. The number of hydrogen-bond acceptors (Lipinski definition) is 5. The van der Waals surface area contributed by atoms with Crippen LogP contribution in [-0.2, 0) is 0 Å². The van der Waals surface area contributed by atoms with E-state index in [-0.39, 0.29) is 0 Å². The molecule has 0 aliphatic rings. The molecule has 0 radical (unpaired) electrons. The molecule has 0 fully saturated rings. The maximum Gasteiger partial charge on any atom is 0.164 e. The van der Waals surface area contributed by atoms with Crippen LogP contribution in [0.2, 0.25) is 0 Å². The van der Waals surface area contributed by atoms with Crippen molar-refractivity contribution >= 4 is 26.8 Å². The van der Waals surface area contributed by atoms with Crippen LogP contribution in [0.1, 0.15) is 0 Å². The second-order valence-corrected chi connectivity index (χ2v) is 10.5. The fraction of sp³-hybridized carbons (Fsp3) is 0. The Morgan fingerprint density at radius 2 is 1.07 bits per heavy atom. The van der Waals surface area contributed by atoms with Gasteiger partial charge >= 0.3 is 0 Å². The summed E-state index contributed by atoms with van der Waals surface area (Å²) in [5.74, 6) is 1.79. The lowest BCUT2D eigenvalue weighted by molar-refractivity contribution is 1.07. The van der Waals surface area contributed by atoms with Gasteiger partial charge < -0.3 is 0 Å². The Kier molecular flexibility index (Phi) is 6.59. The van der Waals surface area contributed by atoms with Gasteiger partial charge in [-0.05, 0) is 64.7 Å². The normalized spacial score (nSPS) is 11.0. The average Bonchev–Trinajstić information content (AvgIpc) is 3.05.